The van der Waals surface area contributed by atoms with Crippen molar-refractivity contribution in [3.8, 4) is 11.3 Å². The van der Waals surface area contributed by atoms with E-state index in [-0.39, 0.29) is 15.8 Å². The number of nitrogens with zero attached hydrogens (tertiary/aromatic N) is 1. The van der Waals surface area contributed by atoms with Gasteiger partial charge in [0, 0.05) is 29.8 Å². The molecule has 0 aliphatic rings. The number of aromatic nitrogens is 2. The van der Waals surface area contributed by atoms with Gasteiger partial charge >= 0.3 is 0 Å². The summed E-state index contributed by atoms with van der Waals surface area (Å²) in [6.07, 6.45) is 3.45. The van der Waals surface area contributed by atoms with Gasteiger partial charge in [0.1, 0.15) is 0 Å². The molecule has 0 aliphatic heterocycles. The fraction of sp³-hybridized carbons (Fsp3) is 0.176. The maximum absolute atomic E-state index is 12.9. The Kier molecular flexibility index (Phi) is 5.61. The number of thioether (sulfide) groups is 1. The molecule has 1 aromatic carbocycles. The molecule has 1 atom stereocenters. The summed E-state index contributed by atoms with van der Waals surface area (Å²) in [4.78, 5) is 20.4. The first-order valence-corrected chi connectivity index (χ1v) is 9.62. The minimum Gasteiger partial charge on any atom is -0.362 e. The quantitative estimate of drug-likeness (QED) is 0.329. The van der Waals surface area contributed by atoms with Gasteiger partial charge in [-0.05, 0) is 24.5 Å². The van der Waals surface area contributed by atoms with Crippen LogP contribution in [-0.2, 0) is 4.74 Å². The van der Waals surface area contributed by atoms with Crippen LogP contribution in [0.1, 0.15) is 10.5 Å². The predicted octanol–water partition coefficient (Wildman–Crippen LogP) is 5.71. The molecular formula is C17H13Cl3N2O2S. The number of hydrogen-bond donors (Lipinski definition) is 1. The fourth-order valence-electron chi connectivity index (χ4n) is 2.64. The third kappa shape index (κ3) is 3.27. The lowest BCUT2D eigenvalue weighted by molar-refractivity contribution is 0.0791. The van der Waals surface area contributed by atoms with Gasteiger partial charge in [0.25, 0.3) is 0 Å². The summed E-state index contributed by atoms with van der Waals surface area (Å²) in [5.74, 6) is -0.213. The normalized spacial score (nSPS) is 12.5. The van der Waals surface area contributed by atoms with Gasteiger partial charge in [0.15, 0.2) is 5.44 Å². The molecule has 3 rings (SSSR count). The number of pyridine rings is 1. The van der Waals surface area contributed by atoms with Gasteiger partial charge in [-0.25, -0.2) is 0 Å². The van der Waals surface area contributed by atoms with Crippen LogP contribution in [0.3, 0.4) is 0 Å². The molecule has 2 aromatic heterocycles. The van der Waals surface area contributed by atoms with Crippen LogP contribution in [0.15, 0.2) is 30.5 Å². The van der Waals surface area contributed by atoms with Crippen molar-refractivity contribution in [3.63, 3.8) is 0 Å². The number of aromatic amines is 1. The Bertz CT molecular complexity index is 940. The zero-order valence-corrected chi connectivity index (χ0v) is 16.4. The van der Waals surface area contributed by atoms with E-state index in [4.69, 9.17) is 39.5 Å². The summed E-state index contributed by atoms with van der Waals surface area (Å²) in [5.41, 5.74) is 1.50. The molecule has 4 nitrogen and oxygen atoms in total. The first-order chi connectivity index (χ1) is 12.0. The van der Waals surface area contributed by atoms with Crippen LogP contribution in [0.4, 0.5) is 0 Å². The lowest BCUT2D eigenvalue weighted by Gasteiger charge is -2.11. The fourth-order valence-corrected chi connectivity index (χ4v) is 3.86. The van der Waals surface area contributed by atoms with Crippen molar-refractivity contribution in [1.82, 2.24) is 9.97 Å². The Hall–Kier alpha value is -1.24. The van der Waals surface area contributed by atoms with Crippen molar-refractivity contribution in [1.29, 1.82) is 0 Å². The highest BCUT2D eigenvalue weighted by molar-refractivity contribution is 7.99. The number of rotatable bonds is 5. The van der Waals surface area contributed by atoms with Crippen LogP contribution >= 0.6 is 46.6 Å². The molecule has 0 fully saturated rings. The SMILES string of the molecule is COC(SC)C(=O)c1[nH]c2cc(Cl)c(Cl)c(Cl)c2c1-c1ccccn1. The van der Waals surface area contributed by atoms with Gasteiger partial charge in [0.2, 0.25) is 5.78 Å². The van der Waals surface area contributed by atoms with Crippen LogP contribution in [0.2, 0.25) is 15.1 Å². The average Bonchev–Trinajstić information content (AvgIpc) is 3.00. The van der Waals surface area contributed by atoms with Crippen LogP contribution in [0, 0.1) is 0 Å². The Labute approximate surface area is 163 Å². The van der Waals surface area contributed by atoms with Crippen molar-refractivity contribution >= 4 is 63.3 Å². The maximum Gasteiger partial charge on any atom is 0.218 e. The monoisotopic (exact) mass is 414 g/mol. The summed E-state index contributed by atoms with van der Waals surface area (Å²) >= 11 is 20.1. The number of ketones is 1. The topological polar surface area (TPSA) is 55.0 Å². The molecule has 0 aliphatic carbocycles. The van der Waals surface area contributed by atoms with Gasteiger partial charge < -0.3 is 9.72 Å². The Morgan fingerprint density at radius 2 is 2.04 bits per heavy atom. The second kappa shape index (κ2) is 7.56. The van der Waals surface area contributed by atoms with Crippen molar-refractivity contribution in [2.45, 2.75) is 5.44 Å². The zero-order valence-electron chi connectivity index (χ0n) is 13.3. The van der Waals surface area contributed by atoms with Crippen molar-refractivity contribution in [3.05, 3.63) is 51.2 Å². The summed E-state index contributed by atoms with van der Waals surface area (Å²) < 4.78 is 5.27. The molecule has 1 N–H and O–H groups in total. The lowest BCUT2D eigenvalue weighted by Crippen LogP contribution is -2.20. The maximum atomic E-state index is 12.9. The molecule has 130 valence electrons. The minimum atomic E-state index is -0.653. The second-order valence-corrected chi connectivity index (χ2v) is 7.23. The molecule has 2 heterocycles. The number of fused-ring (bicyclic) bond motifs is 1. The number of Topliss-reactive ketones (excluding diaryl/α,β-unsaturated/α-hetero) is 1. The van der Waals surface area contributed by atoms with E-state index in [1.807, 2.05) is 6.07 Å². The molecule has 0 amide bonds. The van der Waals surface area contributed by atoms with Gasteiger partial charge in [-0.3, -0.25) is 9.78 Å². The van der Waals surface area contributed by atoms with Gasteiger partial charge in [-0.2, -0.15) is 0 Å². The van der Waals surface area contributed by atoms with E-state index in [0.717, 1.165) is 0 Å². The summed E-state index contributed by atoms with van der Waals surface area (Å²) in [6, 6.07) is 7.09. The molecule has 3 aromatic rings. The van der Waals surface area contributed by atoms with Crippen molar-refractivity contribution < 1.29 is 9.53 Å². The highest BCUT2D eigenvalue weighted by Gasteiger charge is 2.28. The van der Waals surface area contributed by atoms with E-state index in [1.165, 1.54) is 18.9 Å². The van der Waals surface area contributed by atoms with Crippen LogP contribution < -0.4 is 0 Å². The molecule has 0 radical (unpaired) electrons. The molecule has 8 heteroatoms. The molecule has 25 heavy (non-hydrogen) atoms. The zero-order chi connectivity index (χ0) is 18.1. The first-order valence-electron chi connectivity index (χ1n) is 7.20. The highest BCUT2D eigenvalue weighted by atomic mass is 35.5. The van der Waals surface area contributed by atoms with E-state index in [1.54, 1.807) is 30.7 Å². The van der Waals surface area contributed by atoms with Crippen LogP contribution in [-0.4, -0.2) is 34.6 Å². The van der Waals surface area contributed by atoms with E-state index < -0.39 is 5.44 Å². The van der Waals surface area contributed by atoms with E-state index in [9.17, 15) is 4.79 Å². The molecule has 0 saturated heterocycles. The lowest BCUT2D eigenvalue weighted by atomic mass is 10.0. The smallest absolute Gasteiger partial charge is 0.218 e. The highest BCUT2D eigenvalue weighted by Crippen LogP contribution is 2.43. The standard InChI is InChI=1S/C17H13Cl3N2O2S/c1-24-17(25-2)16(23)15-12(9-5-3-4-6-21-9)11-10(22-15)7-8(18)13(19)14(11)20/h3-7,17,22H,1-2H3. The Balaban J connectivity index is 2.37. The van der Waals surface area contributed by atoms with Gasteiger partial charge in [-0.15, -0.1) is 11.8 Å². The number of methoxy groups -OCH3 is 1. The molecule has 1 unspecified atom stereocenters. The Morgan fingerprint density at radius 3 is 2.64 bits per heavy atom. The van der Waals surface area contributed by atoms with Gasteiger partial charge in [-0.1, -0.05) is 40.9 Å². The number of hydrogen-bond acceptors (Lipinski definition) is 4. The largest absolute Gasteiger partial charge is 0.362 e. The number of nitrogens with one attached hydrogen (secondary N) is 1. The van der Waals surface area contributed by atoms with E-state index >= 15 is 0 Å². The third-order valence-electron chi connectivity index (χ3n) is 3.73. The van der Waals surface area contributed by atoms with Crippen molar-refractivity contribution in [2.24, 2.45) is 0 Å². The molecule has 0 saturated carbocycles. The third-order valence-corrected chi connectivity index (χ3v) is 5.83. The summed E-state index contributed by atoms with van der Waals surface area (Å²) in [7, 11) is 1.49. The first kappa shape index (κ1) is 18.5. The predicted molar refractivity (Wildman–Crippen MR) is 105 cm³/mol. The average molecular weight is 416 g/mol. The number of carbonyl (C=O) groups excluding carboxylic acids is 1. The number of carbonyl (C=O) groups is 1. The second-order valence-electron chi connectivity index (χ2n) is 5.17. The minimum absolute atomic E-state index is 0.213. The summed E-state index contributed by atoms with van der Waals surface area (Å²) in [6.45, 7) is 0. The number of H-pyrrole nitrogens is 1. The Morgan fingerprint density at radius 1 is 1.28 bits per heavy atom. The van der Waals surface area contributed by atoms with E-state index in [0.29, 0.717) is 32.9 Å². The van der Waals surface area contributed by atoms with Crippen LogP contribution in [0.25, 0.3) is 22.2 Å². The van der Waals surface area contributed by atoms with Crippen molar-refractivity contribution in [2.75, 3.05) is 13.4 Å². The number of ether oxygens (including phenoxy) is 1. The van der Waals surface area contributed by atoms with E-state index in [2.05, 4.69) is 9.97 Å². The summed E-state index contributed by atoms with van der Waals surface area (Å²) in [5, 5.41) is 1.42. The molecular weight excluding hydrogens is 403 g/mol. The molecule has 0 bridgehead atoms. The van der Waals surface area contributed by atoms with Gasteiger partial charge in [0.05, 0.1) is 26.5 Å². The van der Waals surface area contributed by atoms with Crippen LogP contribution in [0.5, 0.6) is 0 Å². The molecule has 0 spiro atoms. The number of benzene rings is 1. The number of halogens is 3.